The number of fused-ring (bicyclic) bond motifs is 5. The molecule has 3 nitrogen and oxygen atoms in total. The molecular weight excluding hydrogens is 262 g/mol. The van der Waals surface area contributed by atoms with E-state index in [0.717, 1.165) is 44.9 Å². The SMILES string of the molecule is C[C@]12CC[C@H]3[C@@H](CCC4=CC(=O)CCC43N)[C@@H]1CCC2=O. The van der Waals surface area contributed by atoms with Gasteiger partial charge in [0.25, 0.3) is 0 Å². The molecule has 1 unspecified atom stereocenters. The maximum atomic E-state index is 12.3. The molecule has 4 rings (SSSR count). The summed E-state index contributed by atoms with van der Waals surface area (Å²) >= 11 is 0. The molecule has 5 atom stereocenters. The predicted molar refractivity (Wildman–Crippen MR) is 80.5 cm³/mol. The molecule has 0 bridgehead atoms. The Hall–Kier alpha value is -0.960. The normalized spacial score (nSPS) is 49.2. The first-order valence-electron chi connectivity index (χ1n) is 8.51. The van der Waals surface area contributed by atoms with E-state index in [1.807, 2.05) is 6.08 Å². The number of carbonyl (C=O) groups excluding carboxylic acids is 2. The Balaban J connectivity index is 1.70. The lowest BCUT2D eigenvalue weighted by Crippen LogP contribution is -2.60. The summed E-state index contributed by atoms with van der Waals surface area (Å²) in [5.41, 5.74) is 7.70. The first kappa shape index (κ1) is 13.7. The maximum Gasteiger partial charge on any atom is 0.155 e. The van der Waals surface area contributed by atoms with Gasteiger partial charge in [-0.15, -0.1) is 0 Å². The van der Waals surface area contributed by atoms with E-state index in [0.29, 0.717) is 30.0 Å². The minimum Gasteiger partial charge on any atom is -0.321 e. The fourth-order valence-corrected chi connectivity index (χ4v) is 6.04. The van der Waals surface area contributed by atoms with Crippen LogP contribution in [0.25, 0.3) is 0 Å². The van der Waals surface area contributed by atoms with Crippen molar-refractivity contribution in [1.29, 1.82) is 0 Å². The van der Waals surface area contributed by atoms with E-state index in [-0.39, 0.29) is 16.7 Å². The first-order chi connectivity index (χ1) is 9.95. The summed E-state index contributed by atoms with van der Waals surface area (Å²) in [6, 6.07) is 0. The molecule has 0 aromatic rings. The molecule has 3 fully saturated rings. The molecule has 0 heterocycles. The van der Waals surface area contributed by atoms with Crippen molar-refractivity contribution in [3.05, 3.63) is 11.6 Å². The highest BCUT2D eigenvalue weighted by molar-refractivity contribution is 5.92. The van der Waals surface area contributed by atoms with Crippen molar-refractivity contribution in [3.63, 3.8) is 0 Å². The Labute approximate surface area is 126 Å². The summed E-state index contributed by atoms with van der Waals surface area (Å²) in [6.45, 7) is 2.20. The van der Waals surface area contributed by atoms with Crippen molar-refractivity contribution in [2.24, 2.45) is 28.9 Å². The lowest BCUT2D eigenvalue weighted by atomic mass is 9.50. The zero-order valence-corrected chi connectivity index (χ0v) is 12.9. The van der Waals surface area contributed by atoms with Crippen molar-refractivity contribution in [2.45, 2.75) is 63.8 Å². The maximum absolute atomic E-state index is 12.3. The van der Waals surface area contributed by atoms with Crippen LogP contribution < -0.4 is 5.73 Å². The second kappa shape index (κ2) is 4.28. The van der Waals surface area contributed by atoms with Gasteiger partial charge in [-0.25, -0.2) is 0 Å². The van der Waals surface area contributed by atoms with Gasteiger partial charge in [0.1, 0.15) is 5.78 Å². The first-order valence-corrected chi connectivity index (χ1v) is 8.51. The van der Waals surface area contributed by atoms with Crippen molar-refractivity contribution < 1.29 is 9.59 Å². The third-order valence-corrected chi connectivity index (χ3v) is 7.27. The minimum absolute atomic E-state index is 0.0801. The van der Waals surface area contributed by atoms with Gasteiger partial charge in [0.15, 0.2) is 5.78 Å². The minimum atomic E-state index is -0.260. The molecule has 4 aliphatic carbocycles. The molecule has 3 saturated carbocycles. The Kier molecular flexibility index (Phi) is 2.79. The van der Waals surface area contributed by atoms with Gasteiger partial charge in [0, 0.05) is 23.8 Å². The van der Waals surface area contributed by atoms with Crippen LogP contribution >= 0.6 is 0 Å². The van der Waals surface area contributed by atoms with Crippen LogP contribution in [0.2, 0.25) is 0 Å². The fourth-order valence-electron chi connectivity index (χ4n) is 6.04. The molecule has 0 spiro atoms. The van der Waals surface area contributed by atoms with Crippen LogP contribution in [0.4, 0.5) is 0 Å². The topological polar surface area (TPSA) is 60.2 Å². The Morgan fingerprint density at radius 2 is 1.86 bits per heavy atom. The number of rotatable bonds is 0. The lowest BCUT2D eigenvalue weighted by Gasteiger charge is -2.56. The van der Waals surface area contributed by atoms with Gasteiger partial charge in [-0.1, -0.05) is 6.92 Å². The molecule has 0 amide bonds. The second-order valence-corrected chi connectivity index (χ2v) is 8.01. The zero-order valence-electron chi connectivity index (χ0n) is 12.9. The van der Waals surface area contributed by atoms with Gasteiger partial charge in [-0.05, 0) is 67.9 Å². The van der Waals surface area contributed by atoms with Gasteiger partial charge < -0.3 is 5.73 Å². The fraction of sp³-hybridized carbons (Fsp3) is 0.778. The smallest absolute Gasteiger partial charge is 0.155 e. The quantitative estimate of drug-likeness (QED) is 0.745. The number of ketones is 2. The highest BCUT2D eigenvalue weighted by atomic mass is 16.1. The summed E-state index contributed by atoms with van der Waals surface area (Å²) in [5.74, 6) is 2.34. The van der Waals surface area contributed by atoms with E-state index in [9.17, 15) is 9.59 Å². The lowest BCUT2D eigenvalue weighted by molar-refractivity contribution is -0.131. The monoisotopic (exact) mass is 287 g/mol. The molecule has 0 radical (unpaired) electrons. The van der Waals surface area contributed by atoms with Gasteiger partial charge >= 0.3 is 0 Å². The van der Waals surface area contributed by atoms with Crippen molar-refractivity contribution in [2.75, 3.05) is 0 Å². The molecular formula is C18H25NO2. The van der Waals surface area contributed by atoms with Gasteiger partial charge in [0.2, 0.25) is 0 Å². The zero-order chi connectivity index (χ0) is 14.8. The highest BCUT2D eigenvalue weighted by Gasteiger charge is 2.59. The van der Waals surface area contributed by atoms with Crippen LogP contribution in [0, 0.1) is 23.2 Å². The van der Waals surface area contributed by atoms with Crippen LogP contribution in [-0.4, -0.2) is 17.1 Å². The van der Waals surface area contributed by atoms with Crippen LogP contribution in [0.3, 0.4) is 0 Å². The van der Waals surface area contributed by atoms with E-state index in [4.69, 9.17) is 5.73 Å². The summed E-state index contributed by atoms with van der Waals surface area (Å²) in [5, 5.41) is 0. The van der Waals surface area contributed by atoms with E-state index in [1.165, 1.54) is 5.57 Å². The molecule has 0 aromatic carbocycles. The van der Waals surface area contributed by atoms with Crippen LogP contribution in [0.1, 0.15) is 58.3 Å². The number of nitrogens with two attached hydrogens (primary N) is 1. The average Bonchev–Trinajstić information content (AvgIpc) is 2.76. The number of Topliss-reactive ketones (excluding diaryl/α,β-unsaturated/α-hetero) is 1. The van der Waals surface area contributed by atoms with Crippen molar-refractivity contribution in [3.8, 4) is 0 Å². The van der Waals surface area contributed by atoms with E-state index in [1.54, 1.807) is 0 Å². The van der Waals surface area contributed by atoms with Crippen molar-refractivity contribution >= 4 is 11.6 Å². The molecule has 114 valence electrons. The molecule has 3 heteroatoms. The molecule has 0 saturated heterocycles. The predicted octanol–water partition coefficient (Wildman–Crippen LogP) is 2.78. The van der Waals surface area contributed by atoms with Gasteiger partial charge in [0.05, 0.1) is 0 Å². The second-order valence-electron chi connectivity index (χ2n) is 8.01. The molecule has 2 N–H and O–H groups in total. The van der Waals surface area contributed by atoms with Gasteiger partial charge in [-0.2, -0.15) is 0 Å². The summed E-state index contributed by atoms with van der Waals surface area (Å²) in [7, 11) is 0. The summed E-state index contributed by atoms with van der Waals surface area (Å²) in [6.07, 6.45) is 9.23. The number of hydrogen-bond donors (Lipinski definition) is 1. The van der Waals surface area contributed by atoms with Crippen LogP contribution in [0.5, 0.6) is 0 Å². The summed E-state index contributed by atoms with van der Waals surface area (Å²) in [4.78, 5) is 24.0. The third kappa shape index (κ3) is 1.70. The Bertz CT molecular complexity index is 551. The van der Waals surface area contributed by atoms with E-state index < -0.39 is 0 Å². The molecule has 4 aliphatic rings. The summed E-state index contributed by atoms with van der Waals surface area (Å²) < 4.78 is 0. The Morgan fingerprint density at radius 1 is 1.05 bits per heavy atom. The van der Waals surface area contributed by atoms with Crippen LogP contribution in [-0.2, 0) is 9.59 Å². The third-order valence-electron chi connectivity index (χ3n) is 7.27. The molecule has 0 aromatic heterocycles. The largest absolute Gasteiger partial charge is 0.321 e. The van der Waals surface area contributed by atoms with E-state index >= 15 is 0 Å². The molecule has 0 aliphatic heterocycles. The standard InChI is InChI=1S/C18H25NO2/c1-17-8-7-15-13(14(17)4-5-16(17)21)3-2-11-10-12(20)6-9-18(11,15)19/h10,13-15H,2-9,19H2,1H3/t13-,14-,15-,17-,18?/m0/s1. The average molecular weight is 287 g/mol. The Morgan fingerprint density at radius 3 is 2.67 bits per heavy atom. The highest BCUT2D eigenvalue weighted by Crippen LogP contribution is 2.61. The van der Waals surface area contributed by atoms with Gasteiger partial charge in [-0.3, -0.25) is 9.59 Å². The number of hydrogen-bond acceptors (Lipinski definition) is 3. The molecule has 21 heavy (non-hydrogen) atoms. The van der Waals surface area contributed by atoms with E-state index in [2.05, 4.69) is 6.92 Å². The van der Waals surface area contributed by atoms with Crippen LogP contribution in [0.15, 0.2) is 11.6 Å². The number of carbonyl (C=O) groups is 2. The van der Waals surface area contributed by atoms with Crippen molar-refractivity contribution in [1.82, 2.24) is 0 Å².